The molecule has 9 heteroatoms. The number of hydrogen-bond acceptors (Lipinski definition) is 5. The van der Waals surface area contributed by atoms with Crippen LogP contribution in [0.15, 0.2) is 0 Å². The largest absolute Gasteiger partial charge is 0.481 e. The predicted molar refractivity (Wildman–Crippen MR) is 89.5 cm³/mol. The second-order valence-electron chi connectivity index (χ2n) is 7.16. The Morgan fingerprint density at radius 2 is 1.77 bits per heavy atom. The Kier molecular flexibility index (Phi) is 6.57. The maximum absolute atomic E-state index is 12.9. The van der Waals surface area contributed by atoms with Crippen LogP contribution in [0.3, 0.4) is 0 Å². The van der Waals surface area contributed by atoms with Crippen molar-refractivity contribution in [3.8, 4) is 0 Å². The number of aliphatic carboxylic acids is 3. The summed E-state index contributed by atoms with van der Waals surface area (Å²) in [5.74, 6) is -3.66. The zero-order valence-corrected chi connectivity index (χ0v) is 14.8. The van der Waals surface area contributed by atoms with Crippen molar-refractivity contribution in [2.75, 3.05) is 0 Å². The number of nitrogens with one attached hydrogen (secondary N) is 1. The SMILES string of the molecule is C[C@H](NC(CCC(=O)O)C(=O)O)C(=O)N1C(C(=O)O)CC2CCCCC21. The maximum atomic E-state index is 12.9. The van der Waals surface area contributed by atoms with Crippen LogP contribution in [0.2, 0.25) is 0 Å². The van der Waals surface area contributed by atoms with Gasteiger partial charge < -0.3 is 20.2 Å². The number of carboxylic acid groups (broad SMARTS) is 3. The van der Waals surface area contributed by atoms with Crippen LogP contribution in [0.1, 0.15) is 51.9 Å². The summed E-state index contributed by atoms with van der Waals surface area (Å²) < 4.78 is 0. The second-order valence-corrected chi connectivity index (χ2v) is 7.16. The minimum Gasteiger partial charge on any atom is -0.481 e. The number of amides is 1. The molecule has 5 atom stereocenters. The standard InChI is InChI=1S/C17H26N2O7/c1-9(18-11(16(23)24)6-7-14(20)21)15(22)19-12-5-3-2-4-10(12)8-13(19)17(25)26/h9-13,18H,2-8H2,1H3,(H,20,21)(H,23,24)(H,25,26)/t9-,10?,11?,12?,13?/m0/s1. The Balaban J connectivity index is 2.09. The monoisotopic (exact) mass is 370 g/mol. The zero-order chi connectivity index (χ0) is 19.4. The summed E-state index contributed by atoms with van der Waals surface area (Å²) in [6.45, 7) is 1.49. The van der Waals surface area contributed by atoms with Crippen molar-refractivity contribution < 1.29 is 34.5 Å². The highest BCUT2D eigenvalue weighted by molar-refractivity contribution is 5.88. The molecular weight excluding hydrogens is 344 g/mol. The molecule has 2 rings (SSSR count). The molecule has 2 aliphatic rings. The van der Waals surface area contributed by atoms with Crippen molar-refractivity contribution in [2.24, 2.45) is 5.92 Å². The molecule has 1 heterocycles. The van der Waals surface area contributed by atoms with E-state index in [-0.39, 0.29) is 24.8 Å². The first-order valence-corrected chi connectivity index (χ1v) is 8.98. The highest BCUT2D eigenvalue weighted by atomic mass is 16.4. The molecule has 1 amide bonds. The third kappa shape index (κ3) is 4.51. The number of hydrogen-bond donors (Lipinski definition) is 4. The van der Waals surface area contributed by atoms with Gasteiger partial charge >= 0.3 is 17.9 Å². The van der Waals surface area contributed by atoms with Crippen LogP contribution in [0, 0.1) is 5.92 Å². The number of rotatable bonds is 8. The molecule has 4 N–H and O–H groups in total. The summed E-state index contributed by atoms with van der Waals surface area (Å²) in [4.78, 5) is 47.9. The quantitative estimate of drug-likeness (QED) is 0.484. The summed E-state index contributed by atoms with van der Waals surface area (Å²) in [7, 11) is 0. The van der Waals surface area contributed by atoms with E-state index in [9.17, 15) is 29.4 Å². The molecule has 146 valence electrons. The minimum atomic E-state index is -1.24. The topological polar surface area (TPSA) is 144 Å². The van der Waals surface area contributed by atoms with Gasteiger partial charge in [0.15, 0.2) is 0 Å². The summed E-state index contributed by atoms with van der Waals surface area (Å²) in [5, 5.41) is 30.1. The first-order chi connectivity index (χ1) is 12.2. The molecule has 9 nitrogen and oxygen atoms in total. The third-order valence-corrected chi connectivity index (χ3v) is 5.39. The van der Waals surface area contributed by atoms with Gasteiger partial charge in [-0.05, 0) is 38.5 Å². The van der Waals surface area contributed by atoms with Gasteiger partial charge in [-0.25, -0.2) is 4.79 Å². The third-order valence-electron chi connectivity index (χ3n) is 5.39. The molecule has 0 aromatic heterocycles. The first-order valence-electron chi connectivity index (χ1n) is 8.98. The average molecular weight is 370 g/mol. The minimum absolute atomic E-state index is 0.121. The number of carboxylic acids is 3. The molecule has 1 aliphatic heterocycles. The van der Waals surface area contributed by atoms with E-state index in [2.05, 4.69) is 5.32 Å². The van der Waals surface area contributed by atoms with Crippen molar-refractivity contribution in [2.45, 2.75) is 76.0 Å². The molecular formula is C17H26N2O7. The van der Waals surface area contributed by atoms with Gasteiger partial charge in [-0.1, -0.05) is 12.8 Å². The van der Waals surface area contributed by atoms with Crippen LogP contribution < -0.4 is 5.32 Å². The fourth-order valence-electron chi connectivity index (χ4n) is 4.14. The predicted octanol–water partition coefficient (Wildman–Crippen LogP) is 0.527. The van der Waals surface area contributed by atoms with E-state index in [4.69, 9.17) is 5.11 Å². The number of carbonyl (C=O) groups is 4. The zero-order valence-electron chi connectivity index (χ0n) is 14.8. The fourth-order valence-corrected chi connectivity index (χ4v) is 4.14. The van der Waals surface area contributed by atoms with Gasteiger partial charge in [0.05, 0.1) is 6.04 Å². The Labute approximate surface area is 151 Å². The highest BCUT2D eigenvalue weighted by Gasteiger charge is 2.48. The van der Waals surface area contributed by atoms with Crippen LogP contribution >= 0.6 is 0 Å². The molecule has 2 fully saturated rings. The number of fused-ring (bicyclic) bond motifs is 1. The molecule has 26 heavy (non-hydrogen) atoms. The van der Waals surface area contributed by atoms with Gasteiger partial charge in [0, 0.05) is 12.5 Å². The van der Waals surface area contributed by atoms with Gasteiger partial charge in [-0.3, -0.25) is 19.7 Å². The molecule has 4 unspecified atom stereocenters. The van der Waals surface area contributed by atoms with Crippen molar-refractivity contribution in [1.82, 2.24) is 10.2 Å². The van der Waals surface area contributed by atoms with E-state index in [0.29, 0.717) is 6.42 Å². The average Bonchev–Trinajstić information content (AvgIpc) is 2.97. The molecule has 1 saturated heterocycles. The summed E-state index contributed by atoms with van der Waals surface area (Å²) in [6, 6.07) is -3.10. The number of nitrogens with zero attached hydrogens (tertiary/aromatic N) is 1. The van der Waals surface area contributed by atoms with Crippen LogP contribution in [0.5, 0.6) is 0 Å². The van der Waals surface area contributed by atoms with E-state index in [0.717, 1.165) is 25.7 Å². The fraction of sp³-hybridized carbons (Fsp3) is 0.765. The summed E-state index contributed by atoms with van der Waals surface area (Å²) in [6.07, 6.45) is 3.56. The van der Waals surface area contributed by atoms with Gasteiger partial charge in [-0.2, -0.15) is 0 Å². The van der Waals surface area contributed by atoms with Crippen molar-refractivity contribution >= 4 is 23.8 Å². The van der Waals surface area contributed by atoms with Crippen LogP contribution in [-0.4, -0.2) is 68.2 Å². The molecule has 0 aromatic rings. The second kappa shape index (κ2) is 8.48. The van der Waals surface area contributed by atoms with Gasteiger partial charge in [-0.15, -0.1) is 0 Å². The Morgan fingerprint density at radius 3 is 2.35 bits per heavy atom. The van der Waals surface area contributed by atoms with Gasteiger partial charge in [0.25, 0.3) is 0 Å². The van der Waals surface area contributed by atoms with Crippen molar-refractivity contribution in [1.29, 1.82) is 0 Å². The van der Waals surface area contributed by atoms with Gasteiger partial charge in [0.1, 0.15) is 12.1 Å². The number of carbonyl (C=O) groups excluding carboxylic acids is 1. The molecule has 0 bridgehead atoms. The van der Waals surface area contributed by atoms with E-state index >= 15 is 0 Å². The summed E-state index contributed by atoms with van der Waals surface area (Å²) in [5.41, 5.74) is 0. The Morgan fingerprint density at radius 1 is 1.12 bits per heavy atom. The van der Waals surface area contributed by atoms with Crippen molar-refractivity contribution in [3.05, 3.63) is 0 Å². The van der Waals surface area contributed by atoms with Gasteiger partial charge in [0.2, 0.25) is 5.91 Å². The molecule has 1 saturated carbocycles. The normalized spacial score (nSPS) is 27.4. The lowest BCUT2D eigenvalue weighted by Gasteiger charge is -2.35. The van der Waals surface area contributed by atoms with Crippen molar-refractivity contribution in [3.63, 3.8) is 0 Å². The van der Waals surface area contributed by atoms with E-state index in [1.165, 1.54) is 11.8 Å². The molecule has 0 radical (unpaired) electrons. The lowest BCUT2D eigenvalue weighted by Crippen LogP contribution is -2.55. The van der Waals surface area contributed by atoms with Crippen LogP contribution in [-0.2, 0) is 19.2 Å². The maximum Gasteiger partial charge on any atom is 0.326 e. The van der Waals surface area contributed by atoms with E-state index < -0.39 is 41.9 Å². The van der Waals surface area contributed by atoms with Crippen LogP contribution in [0.4, 0.5) is 0 Å². The number of likely N-dealkylation sites (tertiary alicyclic amines) is 1. The molecule has 1 aliphatic carbocycles. The molecule has 0 spiro atoms. The summed E-state index contributed by atoms with van der Waals surface area (Å²) >= 11 is 0. The van der Waals surface area contributed by atoms with E-state index in [1.54, 1.807) is 0 Å². The lowest BCUT2D eigenvalue weighted by molar-refractivity contribution is -0.151. The molecule has 0 aromatic carbocycles. The lowest BCUT2D eigenvalue weighted by atomic mass is 9.84. The van der Waals surface area contributed by atoms with E-state index in [1.807, 2.05) is 0 Å². The Bertz CT molecular complexity index is 579. The first kappa shape index (κ1) is 20.2. The Hall–Kier alpha value is -2.16. The highest BCUT2D eigenvalue weighted by Crippen LogP contribution is 2.40. The van der Waals surface area contributed by atoms with Crippen LogP contribution in [0.25, 0.3) is 0 Å². The smallest absolute Gasteiger partial charge is 0.326 e.